The van der Waals surface area contributed by atoms with Gasteiger partial charge in [0, 0.05) is 0 Å². The van der Waals surface area contributed by atoms with Crippen LogP contribution >= 0.6 is 0 Å². The molecule has 0 unspecified atom stereocenters. The van der Waals surface area contributed by atoms with Crippen LogP contribution in [0.5, 0.6) is 0 Å². The fraction of sp³-hybridized carbons (Fsp3) is 0.483. The van der Waals surface area contributed by atoms with E-state index in [9.17, 15) is 14.4 Å². The van der Waals surface area contributed by atoms with Gasteiger partial charge in [0.1, 0.15) is 19.3 Å². The summed E-state index contributed by atoms with van der Waals surface area (Å²) in [4.78, 5) is 37.5. The largest absolute Gasteiger partial charge is 0.469 e. The first-order valence-corrected chi connectivity index (χ1v) is 12.7. The Bertz CT molecular complexity index is 956. The molecule has 7 heteroatoms. The summed E-state index contributed by atoms with van der Waals surface area (Å²) in [7, 11) is 1.42. The quantitative estimate of drug-likeness (QED) is 0.300. The SMILES string of the molecule is COC(=O)CC1(CCC[C@H](NC(=O)OCc2ccccc2)C(=O)OCc2ccccc2)CCCCC1. The third-order valence-electron chi connectivity index (χ3n) is 6.87. The highest BCUT2D eigenvalue weighted by atomic mass is 16.6. The van der Waals surface area contributed by atoms with Crippen molar-refractivity contribution in [3.63, 3.8) is 0 Å². The molecule has 0 radical (unpaired) electrons. The van der Waals surface area contributed by atoms with Gasteiger partial charge in [0.05, 0.1) is 13.5 Å². The van der Waals surface area contributed by atoms with Gasteiger partial charge in [0.15, 0.2) is 0 Å². The monoisotopic (exact) mass is 495 g/mol. The molecule has 1 saturated carbocycles. The molecule has 2 aromatic carbocycles. The minimum absolute atomic E-state index is 0.112. The molecule has 0 bridgehead atoms. The second kappa shape index (κ2) is 14.3. The Labute approximate surface area is 213 Å². The molecule has 1 atom stereocenters. The second-order valence-electron chi connectivity index (χ2n) is 9.56. The summed E-state index contributed by atoms with van der Waals surface area (Å²) in [6, 6.07) is 17.9. The molecule has 0 spiro atoms. The first-order valence-electron chi connectivity index (χ1n) is 12.7. The Morgan fingerprint density at radius 3 is 2.03 bits per heavy atom. The van der Waals surface area contributed by atoms with Crippen molar-refractivity contribution in [2.45, 2.75) is 77.0 Å². The second-order valence-corrected chi connectivity index (χ2v) is 9.56. The smallest absolute Gasteiger partial charge is 0.408 e. The average molecular weight is 496 g/mol. The molecule has 7 nitrogen and oxygen atoms in total. The summed E-state index contributed by atoms with van der Waals surface area (Å²) in [6.45, 7) is 0.240. The van der Waals surface area contributed by atoms with Crippen LogP contribution in [0.2, 0.25) is 0 Å². The molecule has 3 rings (SSSR count). The third-order valence-corrected chi connectivity index (χ3v) is 6.87. The van der Waals surface area contributed by atoms with Crippen LogP contribution in [0.1, 0.15) is 68.9 Å². The highest BCUT2D eigenvalue weighted by Crippen LogP contribution is 2.43. The highest BCUT2D eigenvalue weighted by molar-refractivity contribution is 5.81. The maximum Gasteiger partial charge on any atom is 0.408 e. The molecule has 1 amide bonds. The van der Waals surface area contributed by atoms with Crippen LogP contribution in [0.25, 0.3) is 0 Å². The number of hydrogen-bond donors (Lipinski definition) is 1. The molecule has 1 fully saturated rings. The zero-order valence-corrected chi connectivity index (χ0v) is 21.1. The maximum atomic E-state index is 12.9. The van der Waals surface area contributed by atoms with Gasteiger partial charge in [-0.2, -0.15) is 0 Å². The number of alkyl carbamates (subject to hydrolysis) is 1. The molecule has 36 heavy (non-hydrogen) atoms. The molecule has 1 aliphatic carbocycles. The number of nitrogens with one attached hydrogen (secondary N) is 1. The lowest BCUT2D eigenvalue weighted by atomic mass is 9.69. The van der Waals surface area contributed by atoms with Gasteiger partial charge in [0.2, 0.25) is 0 Å². The molecule has 1 N–H and O–H groups in total. The van der Waals surface area contributed by atoms with Crippen molar-refractivity contribution in [1.29, 1.82) is 0 Å². The minimum atomic E-state index is -0.837. The predicted octanol–water partition coefficient (Wildman–Crippen LogP) is 5.71. The topological polar surface area (TPSA) is 90.9 Å². The van der Waals surface area contributed by atoms with E-state index < -0.39 is 18.1 Å². The summed E-state index contributed by atoms with van der Waals surface area (Å²) >= 11 is 0. The number of benzene rings is 2. The summed E-state index contributed by atoms with van der Waals surface area (Å²) in [5.74, 6) is -0.695. The van der Waals surface area contributed by atoms with Crippen molar-refractivity contribution in [2.75, 3.05) is 7.11 Å². The van der Waals surface area contributed by atoms with E-state index in [0.717, 1.165) is 43.2 Å². The molecular weight excluding hydrogens is 458 g/mol. The summed E-state index contributed by atoms with van der Waals surface area (Å²) < 4.78 is 15.8. The van der Waals surface area contributed by atoms with Gasteiger partial charge in [-0.15, -0.1) is 0 Å². The Morgan fingerprint density at radius 2 is 1.44 bits per heavy atom. The summed E-state index contributed by atoms with van der Waals surface area (Å²) in [5, 5.41) is 2.70. The van der Waals surface area contributed by atoms with Crippen molar-refractivity contribution >= 4 is 18.0 Å². The van der Waals surface area contributed by atoms with E-state index in [1.807, 2.05) is 60.7 Å². The van der Waals surface area contributed by atoms with E-state index in [2.05, 4.69) is 5.32 Å². The molecular formula is C29H37NO6. The first kappa shape index (κ1) is 27.2. The number of amides is 1. The van der Waals surface area contributed by atoms with Crippen LogP contribution in [0, 0.1) is 5.41 Å². The molecule has 0 aliphatic heterocycles. The molecule has 0 saturated heterocycles. The first-order chi connectivity index (χ1) is 17.5. The van der Waals surface area contributed by atoms with Gasteiger partial charge >= 0.3 is 18.0 Å². The highest BCUT2D eigenvalue weighted by Gasteiger charge is 2.35. The van der Waals surface area contributed by atoms with Crippen LogP contribution in [-0.2, 0) is 37.0 Å². The zero-order valence-electron chi connectivity index (χ0n) is 21.1. The van der Waals surface area contributed by atoms with E-state index >= 15 is 0 Å². The number of hydrogen-bond acceptors (Lipinski definition) is 6. The Hall–Kier alpha value is -3.35. The van der Waals surface area contributed by atoms with Crippen LogP contribution in [0.15, 0.2) is 60.7 Å². The van der Waals surface area contributed by atoms with E-state index in [1.54, 1.807) is 0 Å². The number of carbonyl (C=O) groups is 3. The van der Waals surface area contributed by atoms with E-state index in [-0.39, 0.29) is 24.6 Å². The minimum Gasteiger partial charge on any atom is -0.469 e. The number of carbonyl (C=O) groups excluding carboxylic acids is 3. The number of methoxy groups -OCH3 is 1. The normalized spacial score (nSPS) is 15.4. The van der Waals surface area contributed by atoms with Crippen LogP contribution in [0.3, 0.4) is 0 Å². The van der Waals surface area contributed by atoms with Crippen molar-refractivity contribution in [3.8, 4) is 0 Å². The van der Waals surface area contributed by atoms with Crippen molar-refractivity contribution in [2.24, 2.45) is 5.41 Å². The van der Waals surface area contributed by atoms with Crippen LogP contribution < -0.4 is 5.32 Å². The molecule has 1 aliphatic rings. The van der Waals surface area contributed by atoms with E-state index in [0.29, 0.717) is 19.3 Å². The molecule has 0 aromatic heterocycles. The van der Waals surface area contributed by atoms with Gasteiger partial charge in [0.25, 0.3) is 0 Å². The zero-order chi connectivity index (χ0) is 25.6. The van der Waals surface area contributed by atoms with Gasteiger partial charge in [-0.05, 0) is 42.2 Å². The third kappa shape index (κ3) is 9.02. The predicted molar refractivity (Wildman–Crippen MR) is 136 cm³/mol. The summed E-state index contributed by atoms with van der Waals surface area (Å²) in [6.07, 6.45) is 6.86. The lowest BCUT2D eigenvalue weighted by Gasteiger charge is -2.37. The number of ether oxygens (including phenoxy) is 3. The number of esters is 2. The van der Waals surface area contributed by atoms with Crippen molar-refractivity contribution < 1.29 is 28.6 Å². The Morgan fingerprint density at radius 1 is 0.861 bits per heavy atom. The average Bonchev–Trinajstić information content (AvgIpc) is 2.91. The van der Waals surface area contributed by atoms with E-state index in [4.69, 9.17) is 14.2 Å². The standard InChI is InChI=1S/C29H37NO6/c1-34-26(31)20-29(17-9-4-10-18-29)19-11-16-25(27(32)35-21-23-12-5-2-6-13-23)30-28(33)36-22-24-14-7-3-8-15-24/h2-3,5-8,12-15,25H,4,9-11,16-22H2,1H3,(H,30,33)/t25-/m0/s1. The van der Waals surface area contributed by atoms with Crippen molar-refractivity contribution in [3.05, 3.63) is 71.8 Å². The van der Waals surface area contributed by atoms with Crippen molar-refractivity contribution in [1.82, 2.24) is 5.32 Å². The van der Waals surface area contributed by atoms with E-state index in [1.165, 1.54) is 13.5 Å². The Balaban J connectivity index is 1.59. The fourth-order valence-electron chi connectivity index (χ4n) is 4.86. The lowest BCUT2D eigenvalue weighted by Crippen LogP contribution is -2.42. The fourth-order valence-corrected chi connectivity index (χ4v) is 4.86. The summed E-state index contributed by atoms with van der Waals surface area (Å²) in [5.41, 5.74) is 1.62. The van der Waals surface area contributed by atoms with Gasteiger partial charge < -0.3 is 19.5 Å². The molecule has 2 aromatic rings. The van der Waals surface area contributed by atoms with Gasteiger partial charge in [-0.25, -0.2) is 9.59 Å². The van der Waals surface area contributed by atoms with Gasteiger partial charge in [-0.3, -0.25) is 4.79 Å². The van der Waals surface area contributed by atoms with Crippen LogP contribution in [0.4, 0.5) is 4.79 Å². The van der Waals surface area contributed by atoms with Crippen LogP contribution in [-0.4, -0.2) is 31.2 Å². The molecule has 194 valence electrons. The number of rotatable bonds is 12. The van der Waals surface area contributed by atoms with Gasteiger partial charge in [-0.1, -0.05) is 86.3 Å². The Kier molecular flexibility index (Phi) is 10.8. The molecule has 0 heterocycles. The maximum absolute atomic E-state index is 12.9. The lowest BCUT2D eigenvalue weighted by molar-refractivity contribution is -0.148.